The molecule has 0 bridgehead atoms. The van der Waals surface area contributed by atoms with Gasteiger partial charge in [-0.3, -0.25) is 0 Å². The molecule has 0 aromatic carbocycles. The maximum Gasteiger partial charge on any atom is 0.0834 e. The summed E-state index contributed by atoms with van der Waals surface area (Å²) in [6, 6.07) is 0.545. The fourth-order valence-corrected chi connectivity index (χ4v) is 3.47. The Kier molecular flexibility index (Phi) is 8.40. The molecule has 1 aliphatic carbocycles. The molecule has 19 heavy (non-hydrogen) atoms. The highest BCUT2D eigenvalue weighted by Crippen LogP contribution is 2.38. The normalized spacial score (nSPS) is 19.5. The molecule has 1 fully saturated rings. The Labute approximate surface area is 120 Å². The molecule has 0 aliphatic heterocycles. The Morgan fingerprint density at radius 1 is 1.21 bits per heavy atom. The second-order valence-electron chi connectivity index (χ2n) is 5.74. The van der Waals surface area contributed by atoms with Crippen molar-refractivity contribution in [3.63, 3.8) is 0 Å². The molecule has 2 nitrogen and oxygen atoms in total. The van der Waals surface area contributed by atoms with Crippen LogP contribution in [0, 0.1) is 0 Å². The minimum Gasteiger partial charge on any atom is -0.374 e. The average Bonchev–Trinajstić information content (AvgIpc) is 2.87. The van der Waals surface area contributed by atoms with Crippen LogP contribution in [0.25, 0.3) is 0 Å². The summed E-state index contributed by atoms with van der Waals surface area (Å²) in [5.74, 6) is 0. The van der Waals surface area contributed by atoms with Crippen molar-refractivity contribution in [1.82, 2.24) is 5.32 Å². The standard InChI is InChI=1S/C17H33NO/c1-4-7-8-9-10-13-16(18-5-2)17(19-6-3)14-11-12-15-17/h4,16,18H,1,5-15H2,2-3H3. The molecule has 0 aromatic rings. The van der Waals surface area contributed by atoms with Gasteiger partial charge in [0.1, 0.15) is 0 Å². The lowest BCUT2D eigenvalue weighted by Gasteiger charge is -2.38. The monoisotopic (exact) mass is 267 g/mol. The lowest BCUT2D eigenvalue weighted by molar-refractivity contribution is -0.0633. The molecule has 2 heteroatoms. The van der Waals surface area contributed by atoms with Crippen LogP contribution in [0.1, 0.15) is 71.6 Å². The number of rotatable bonds is 11. The van der Waals surface area contributed by atoms with E-state index < -0.39 is 0 Å². The predicted molar refractivity (Wildman–Crippen MR) is 83.6 cm³/mol. The third-order valence-electron chi connectivity index (χ3n) is 4.37. The van der Waals surface area contributed by atoms with Crippen LogP contribution >= 0.6 is 0 Å². The van der Waals surface area contributed by atoms with Crippen molar-refractivity contribution >= 4 is 0 Å². The van der Waals surface area contributed by atoms with Crippen LogP contribution in [0.2, 0.25) is 0 Å². The number of ether oxygens (including phenoxy) is 1. The predicted octanol–water partition coefficient (Wildman–Crippen LogP) is 4.45. The van der Waals surface area contributed by atoms with Gasteiger partial charge in [0, 0.05) is 12.6 Å². The van der Waals surface area contributed by atoms with E-state index in [0.29, 0.717) is 6.04 Å². The second kappa shape index (κ2) is 9.55. The highest BCUT2D eigenvalue weighted by atomic mass is 16.5. The zero-order chi connectivity index (χ0) is 14.0. The SMILES string of the molecule is C=CCCCCCC(NCC)C1(OCC)CCCC1. The third-order valence-corrected chi connectivity index (χ3v) is 4.37. The van der Waals surface area contributed by atoms with Gasteiger partial charge in [-0.1, -0.05) is 38.7 Å². The summed E-state index contributed by atoms with van der Waals surface area (Å²) in [7, 11) is 0. The van der Waals surface area contributed by atoms with Gasteiger partial charge in [0.15, 0.2) is 0 Å². The topological polar surface area (TPSA) is 21.3 Å². The summed E-state index contributed by atoms with van der Waals surface area (Å²) in [6.45, 7) is 10.0. The summed E-state index contributed by atoms with van der Waals surface area (Å²) in [5.41, 5.74) is 0.128. The molecule has 1 atom stereocenters. The molecule has 1 saturated carbocycles. The maximum atomic E-state index is 6.20. The average molecular weight is 267 g/mol. The highest BCUT2D eigenvalue weighted by Gasteiger charge is 2.41. The first kappa shape index (κ1) is 16.7. The van der Waals surface area contributed by atoms with Crippen molar-refractivity contribution in [2.24, 2.45) is 0 Å². The molecule has 1 unspecified atom stereocenters. The minimum atomic E-state index is 0.128. The van der Waals surface area contributed by atoms with E-state index in [1.54, 1.807) is 0 Å². The zero-order valence-corrected chi connectivity index (χ0v) is 13.0. The van der Waals surface area contributed by atoms with Crippen molar-refractivity contribution < 1.29 is 4.74 Å². The lowest BCUT2D eigenvalue weighted by atomic mass is 9.87. The number of nitrogens with one attached hydrogen (secondary N) is 1. The van der Waals surface area contributed by atoms with Crippen LogP contribution in [0.4, 0.5) is 0 Å². The summed E-state index contributed by atoms with van der Waals surface area (Å²) in [5, 5.41) is 3.70. The Bertz CT molecular complexity index is 233. The van der Waals surface area contributed by atoms with Gasteiger partial charge in [-0.15, -0.1) is 6.58 Å². The van der Waals surface area contributed by atoms with Gasteiger partial charge in [-0.25, -0.2) is 0 Å². The van der Waals surface area contributed by atoms with E-state index in [1.807, 2.05) is 6.08 Å². The van der Waals surface area contributed by atoms with E-state index >= 15 is 0 Å². The van der Waals surface area contributed by atoms with Crippen molar-refractivity contribution in [3.05, 3.63) is 12.7 Å². The van der Waals surface area contributed by atoms with Crippen molar-refractivity contribution in [3.8, 4) is 0 Å². The van der Waals surface area contributed by atoms with Crippen molar-refractivity contribution in [2.45, 2.75) is 83.3 Å². The second-order valence-corrected chi connectivity index (χ2v) is 5.74. The molecule has 1 aliphatic rings. The highest BCUT2D eigenvalue weighted by molar-refractivity contribution is 4.96. The van der Waals surface area contributed by atoms with Crippen LogP contribution < -0.4 is 5.32 Å². The van der Waals surface area contributed by atoms with Gasteiger partial charge in [0.2, 0.25) is 0 Å². The first-order chi connectivity index (χ1) is 9.29. The van der Waals surface area contributed by atoms with Crippen LogP contribution in [0.3, 0.4) is 0 Å². The molecule has 0 heterocycles. The first-order valence-electron chi connectivity index (χ1n) is 8.27. The van der Waals surface area contributed by atoms with Crippen LogP contribution in [-0.2, 0) is 4.74 Å². The van der Waals surface area contributed by atoms with Crippen LogP contribution in [0.15, 0.2) is 12.7 Å². The molecular formula is C17H33NO. The lowest BCUT2D eigenvalue weighted by Crippen LogP contribution is -2.51. The maximum absolute atomic E-state index is 6.20. The third kappa shape index (κ3) is 5.27. The van der Waals surface area contributed by atoms with E-state index in [9.17, 15) is 0 Å². The van der Waals surface area contributed by atoms with Crippen molar-refractivity contribution in [2.75, 3.05) is 13.2 Å². The quantitative estimate of drug-likeness (QED) is 0.441. The molecule has 0 amide bonds. The fraction of sp³-hybridized carbons (Fsp3) is 0.882. The van der Waals surface area contributed by atoms with E-state index in [2.05, 4.69) is 25.7 Å². The van der Waals surface area contributed by atoms with Gasteiger partial charge < -0.3 is 10.1 Å². The number of allylic oxidation sites excluding steroid dienone is 1. The summed E-state index contributed by atoms with van der Waals surface area (Å²) < 4.78 is 6.20. The number of unbranched alkanes of at least 4 members (excludes halogenated alkanes) is 3. The van der Waals surface area contributed by atoms with E-state index in [-0.39, 0.29) is 5.60 Å². The molecule has 0 saturated heterocycles. The minimum absolute atomic E-state index is 0.128. The number of likely N-dealkylation sites (N-methyl/N-ethyl adjacent to an activating group) is 1. The van der Waals surface area contributed by atoms with E-state index in [0.717, 1.165) is 19.6 Å². The van der Waals surface area contributed by atoms with Gasteiger partial charge >= 0.3 is 0 Å². The van der Waals surface area contributed by atoms with Crippen LogP contribution in [0.5, 0.6) is 0 Å². The van der Waals surface area contributed by atoms with Gasteiger partial charge in [0.25, 0.3) is 0 Å². The van der Waals surface area contributed by atoms with Gasteiger partial charge in [-0.05, 0) is 45.6 Å². The molecule has 0 spiro atoms. The molecule has 0 radical (unpaired) electrons. The number of hydrogen-bond acceptors (Lipinski definition) is 2. The smallest absolute Gasteiger partial charge is 0.0834 e. The fourth-order valence-electron chi connectivity index (χ4n) is 3.47. The molecule has 112 valence electrons. The van der Waals surface area contributed by atoms with E-state index in [1.165, 1.54) is 51.4 Å². The zero-order valence-electron chi connectivity index (χ0n) is 13.0. The molecule has 1 rings (SSSR count). The van der Waals surface area contributed by atoms with Crippen LogP contribution in [-0.4, -0.2) is 24.8 Å². The largest absolute Gasteiger partial charge is 0.374 e. The summed E-state index contributed by atoms with van der Waals surface area (Å²) >= 11 is 0. The van der Waals surface area contributed by atoms with Crippen molar-refractivity contribution in [1.29, 1.82) is 0 Å². The molecule has 0 aromatic heterocycles. The molecule has 1 N–H and O–H groups in total. The van der Waals surface area contributed by atoms with Gasteiger partial charge in [-0.2, -0.15) is 0 Å². The summed E-state index contributed by atoms with van der Waals surface area (Å²) in [4.78, 5) is 0. The first-order valence-corrected chi connectivity index (χ1v) is 8.27. The molecular weight excluding hydrogens is 234 g/mol. The van der Waals surface area contributed by atoms with Gasteiger partial charge in [0.05, 0.1) is 5.60 Å². The number of hydrogen-bond donors (Lipinski definition) is 1. The summed E-state index contributed by atoms with van der Waals surface area (Å²) in [6.07, 6.45) is 13.5. The Hall–Kier alpha value is -0.340. The van der Waals surface area contributed by atoms with E-state index in [4.69, 9.17) is 4.74 Å². The Balaban J connectivity index is 2.46. The Morgan fingerprint density at radius 2 is 1.95 bits per heavy atom. The Morgan fingerprint density at radius 3 is 2.53 bits per heavy atom.